The van der Waals surface area contributed by atoms with Crippen LogP contribution in [0.25, 0.3) is 0 Å². The Labute approximate surface area is 137 Å². The Morgan fingerprint density at radius 1 is 1.13 bits per heavy atom. The lowest BCUT2D eigenvalue weighted by molar-refractivity contribution is -0.128. The van der Waals surface area contributed by atoms with Gasteiger partial charge in [-0.15, -0.1) is 0 Å². The summed E-state index contributed by atoms with van der Waals surface area (Å²) in [5.41, 5.74) is 3.09. The van der Waals surface area contributed by atoms with Gasteiger partial charge in [0.1, 0.15) is 5.82 Å². The Hall–Kier alpha value is -2.36. The summed E-state index contributed by atoms with van der Waals surface area (Å²) in [7, 11) is 1.75. The zero-order chi connectivity index (χ0) is 16.8. The van der Waals surface area contributed by atoms with Crippen LogP contribution in [0.2, 0.25) is 0 Å². The van der Waals surface area contributed by atoms with E-state index < -0.39 is 0 Å². The van der Waals surface area contributed by atoms with Crippen LogP contribution in [-0.2, 0) is 11.3 Å². The predicted octanol–water partition coefficient (Wildman–Crippen LogP) is 4.02. The Balaban J connectivity index is 1.93. The van der Waals surface area contributed by atoms with Gasteiger partial charge in [-0.3, -0.25) is 4.79 Å². The van der Waals surface area contributed by atoms with E-state index >= 15 is 0 Å². The van der Waals surface area contributed by atoms with Crippen molar-refractivity contribution in [3.05, 3.63) is 65.5 Å². The Morgan fingerprint density at radius 3 is 2.43 bits per heavy atom. The van der Waals surface area contributed by atoms with Gasteiger partial charge < -0.3 is 10.2 Å². The molecule has 0 bridgehead atoms. The maximum atomic E-state index is 12.9. The van der Waals surface area contributed by atoms with Crippen LogP contribution >= 0.6 is 0 Å². The molecule has 0 aliphatic rings. The van der Waals surface area contributed by atoms with Gasteiger partial charge in [0, 0.05) is 19.3 Å². The van der Waals surface area contributed by atoms with Crippen LogP contribution < -0.4 is 5.32 Å². The number of hydrogen-bond acceptors (Lipinski definition) is 2. The molecule has 0 aliphatic heterocycles. The second-order valence-electron chi connectivity index (χ2n) is 5.97. The molecule has 0 spiro atoms. The first kappa shape index (κ1) is 17.0. The average Bonchev–Trinajstić information content (AvgIpc) is 2.54. The third-order valence-corrected chi connectivity index (χ3v) is 3.77. The van der Waals surface area contributed by atoms with E-state index in [1.807, 2.05) is 18.2 Å². The number of para-hydroxylation sites is 1. The summed E-state index contributed by atoms with van der Waals surface area (Å²) in [5, 5.41) is 3.22. The van der Waals surface area contributed by atoms with Crippen molar-refractivity contribution in [3.8, 4) is 0 Å². The number of carbonyl (C=O) groups excluding carboxylic acids is 1. The lowest BCUT2D eigenvalue weighted by Crippen LogP contribution is -2.31. The first-order valence-electron chi connectivity index (χ1n) is 7.78. The van der Waals surface area contributed by atoms with Crippen LogP contribution in [0.1, 0.15) is 30.9 Å². The van der Waals surface area contributed by atoms with Crippen molar-refractivity contribution in [2.75, 3.05) is 18.9 Å². The van der Waals surface area contributed by atoms with E-state index in [4.69, 9.17) is 0 Å². The fourth-order valence-electron chi connectivity index (χ4n) is 2.42. The third-order valence-electron chi connectivity index (χ3n) is 3.77. The zero-order valence-corrected chi connectivity index (χ0v) is 13.8. The van der Waals surface area contributed by atoms with E-state index in [1.165, 1.54) is 17.7 Å². The smallest absolute Gasteiger partial charge is 0.241 e. The number of nitrogens with zero attached hydrogens (tertiary/aromatic N) is 1. The monoisotopic (exact) mass is 314 g/mol. The molecule has 2 aromatic carbocycles. The highest BCUT2D eigenvalue weighted by Crippen LogP contribution is 2.23. The summed E-state index contributed by atoms with van der Waals surface area (Å²) in [4.78, 5) is 13.9. The number of halogens is 1. The number of likely N-dealkylation sites (N-methyl/N-ethyl adjacent to an activating group) is 1. The predicted molar refractivity (Wildman–Crippen MR) is 91.9 cm³/mol. The molecule has 23 heavy (non-hydrogen) atoms. The molecule has 0 atom stereocenters. The van der Waals surface area contributed by atoms with Crippen molar-refractivity contribution < 1.29 is 9.18 Å². The first-order chi connectivity index (χ1) is 11.0. The van der Waals surface area contributed by atoms with E-state index in [0.717, 1.165) is 11.3 Å². The molecule has 2 rings (SSSR count). The van der Waals surface area contributed by atoms with E-state index in [1.54, 1.807) is 24.1 Å². The minimum atomic E-state index is -0.269. The lowest BCUT2D eigenvalue weighted by atomic mass is 10.0. The first-order valence-corrected chi connectivity index (χ1v) is 7.78. The highest BCUT2D eigenvalue weighted by molar-refractivity contribution is 5.81. The van der Waals surface area contributed by atoms with E-state index in [-0.39, 0.29) is 18.3 Å². The molecule has 3 nitrogen and oxygen atoms in total. The fourth-order valence-corrected chi connectivity index (χ4v) is 2.42. The van der Waals surface area contributed by atoms with Crippen molar-refractivity contribution in [3.63, 3.8) is 0 Å². The molecule has 0 aliphatic carbocycles. The van der Waals surface area contributed by atoms with Crippen molar-refractivity contribution in [1.82, 2.24) is 4.90 Å². The average molecular weight is 314 g/mol. The number of carbonyl (C=O) groups is 1. The van der Waals surface area contributed by atoms with Gasteiger partial charge in [0.25, 0.3) is 0 Å². The lowest BCUT2D eigenvalue weighted by Gasteiger charge is -2.19. The Morgan fingerprint density at radius 2 is 1.78 bits per heavy atom. The number of amides is 1. The van der Waals surface area contributed by atoms with Crippen molar-refractivity contribution in [2.45, 2.75) is 26.3 Å². The van der Waals surface area contributed by atoms with Gasteiger partial charge in [0.15, 0.2) is 0 Å². The van der Waals surface area contributed by atoms with E-state index in [9.17, 15) is 9.18 Å². The molecular formula is C19H23FN2O. The van der Waals surface area contributed by atoms with Gasteiger partial charge in [-0.25, -0.2) is 4.39 Å². The Kier molecular flexibility index (Phi) is 5.74. The highest BCUT2D eigenvalue weighted by atomic mass is 19.1. The second kappa shape index (κ2) is 7.77. The maximum Gasteiger partial charge on any atom is 0.241 e. The number of hydrogen-bond donors (Lipinski definition) is 1. The normalized spacial score (nSPS) is 10.7. The minimum absolute atomic E-state index is 0.00659. The van der Waals surface area contributed by atoms with E-state index in [0.29, 0.717) is 12.5 Å². The molecule has 4 heteroatoms. The van der Waals surface area contributed by atoms with Gasteiger partial charge >= 0.3 is 0 Å². The molecule has 0 radical (unpaired) electrons. The number of anilines is 1. The molecule has 0 saturated carbocycles. The SMILES string of the molecule is CC(C)c1ccccc1NCC(=O)N(C)Cc1ccc(F)cc1. The van der Waals surface area contributed by atoms with Gasteiger partial charge in [0.05, 0.1) is 6.54 Å². The van der Waals surface area contributed by atoms with Crippen molar-refractivity contribution in [1.29, 1.82) is 0 Å². The summed E-state index contributed by atoms with van der Waals surface area (Å²) in [6.07, 6.45) is 0. The second-order valence-corrected chi connectivity index (χ2v) is 5.97. The third kappa shape index (κ3) is 4.81. The van der Waals surface area contributed by atoms with Crippen LogP contribution in [0.15, 0.2) is 48.5 Å². The highest BCUT2D eigenvalue weighted by Gasteiger charge is 2.11. The van der Waals surface area contributed by atoms with Gasteiger partial charge in [0.2, 0.25) is 5.91 Å². The summed E-state index contributed by atoms with van der Waals surface area (Å²) in [5.74, 6) is 0.119. The Bertz CT molecular complexity index is 653. The van der Waals surface area contributed by atoms with Crippen LogP contribution in [0.5, 0.6) is 0 Å². The molecule has 0 aromatic heterocycles. The zero-order valence-electron chi connectivity index (χ0n) is 13.8. The molecule has 0 saturated heterocycles. The van der Waals surface area contributed by atoms with Gasteiger partial charge in [-0.2, -0.15) is 0 Å². The summed E-state index contributed by atoms with van der Waals surface area (Å²) >= 11 is 0. The topological polar surface area (TPSA) is 32.3 Å². The molecule has 122 valence electrons. The molecule has 1 N–H and O–H groups in total. The maximum absolute atomic E-state index is 12.9. The standard InChI is InChI=1S/C19H23FN2O/c1-14(2)17-6-4-5-7-18(17)21-12-19(23)22(3)13-15-8-10-16(20)11-9-15/h4-11,14,21H,12-13H2,1-3H3. The fraction of sp³-hybridized carbons (Fsp3) is 0.316. The summed E-state index contributed by atoms with van der Waals surface area (Å²) < 4.78 is 12.9. The van der Waals surface area contributed by atoms with Crippen LogP contribution in [0.3, 0.4) is 0 Å². The molecule has 0 heterocycles. The minimum Gasteiger partial charge on any atom is -0.376 e. The van der Waals surface area contributed by atoms with Crippen LogP contribution in [0.4, 0.5) is 10.1 Å². The summed E-state index contributed by atoms with van der Waals surface area (Å²) in [6, 6.07) is 14.2. The number of rotatable bonds is 6. The van der Waals surface area contributed by atoms with Gasteiger partial charge in [-0.1, -0.05) is 44.2 Å². The van der Waals surface area contributed by atoms with Gasteiger partial charge in [-0.05, 0) is 35.2 Å². The number of nitrogens with one attached hydrogen (secondary N) is 1. The molecule has 0 fully saturated rings. The van der Waals surface area contributed by atoms with Crippen molar-refractivity contribution in [2.24, 2.45) is 0 Å². The largest absolute Gasteiger partial charge is 0.376 e. The molecule has 0 unspecified atom stereocenters. The molecule has 2 aromatic rings. The van der Waals surface area contributed by atoms with Crippen LogP contribution in [0, 0.1) is 5.82 Å². The number of benzene rings is 2. The molecule has 1 amide bonds. The van der Waals surface area contributed by atoms with Crippen LogP contribution in [-0.4, -0.2) is 24.4 Å². The quantitative estimate of drug-likeness (QED) is 0.873. The summed E-state index contributed by atoms with van der Waals surface area (Å²) in [6.45, 7) is 4.96. The van der Waals surface area contributed by atoms with Crippen molar-refractivity contribution >= 4 is 11.6 Å². The molecular weight excluding hydrogens is 291 g/mol. The van der Waals surface area contributed by atoms with E-state index in [2.05, 4.69) is 25.2 Å².